The molecule has 0 radical (unpaired) electrons. The molecule has 1 aromatic carbocycles. The third-order valence-corrected chi connectivity index (χ3v) is 2.30. The van der Waals surface area contributed by atoms with Gasteiger partial charge in [0.15, 0.2) is 0 Å². The minimum absolute atomic E-state index is 0.00391. The molecule has 7 heteroatoms. The van der Waals surface area contributed by atoms with Crippen molar-refractivity contribution >= 4 is 17.1 Å². The van der Waals surface area contributed by atoms with Gasteiger partial charge in [-0.25, -0.2) is 0 Å². The van der Waals surface area contributed by atoms with Gasteiger partial charge in [-0.2, -0.15) is 10.4 Å². The van der Waals surface area contributed by atoms with E-state index in [1.165, 1.54) is 12.1 Å². The van der Waals surface area contributed by atoms with E-state index in [9.17, 15) is 20.5 Å². The van der Waals surface area contributed by atoms with Gasteiger partial charge in [0, 0.05) is 13.1 Å². The number of hydroxylamine groups is 2. The normalized spacial score (nSPS) is 11.2. The highest BCUT2D eigenvalue weighted by Gasteiger charge is 2.28. The first kappa shape index (κ1) is 12.4. The molecule has 0 fully saturated rings. The quantitative estimate of drug-likeness (QED) is 0.414. The highest BCUT2D eigenvalue weighted by molar-refractivity contribution is 5.66. The molecule has 0 heterocycles. The molecule has 3 N–H and O–H groups in total. The maximum atomic E-state index is 10.7. The van der Waals surface area contributed by atoms with Gasteiger partial charge in [-0.3, -0.25) is 10.1 Å². The number of rotatable bonds is 4. The van der Waals surface area contributed by atoms with Crippen molar-refractivity contribution < 1.29 is 15.3 Å². The number of nitro benzene ring substituents is 1. The lowest BCUT2D eigenvalue weighted by atomic mass is 10.2. The molecule has 0 saturated heterocycles. The van der Waals surface area contributed by atoms with Crippen LogP contribution in [-0.4, -0.2) is 28.9 Å². The second-order valence-corrected chi connectivity index (χ2v) is 3.26. The van der Waals surface area contributed by atoms with Crippen LogP contribution in [0.4, 0.5) is 17.1 Å². The van der Waals surface area contributed by atoms with Crippen LogP contribution in [0.15, 0.2) is 18.2 Å². The predicted molar refractivity (Wildman–Crippen MR) is 58.6 cm³/mol. The fourth-order valence-electron chi connectivity index (χ4n) is 1.29. The Bertz CT molecular complexity index is 406. The molecule has 0 amide bonds. The second-order valence-electron chi connectivity index (χ2n) is 3.26. The van der Waals surface area contributed by atoms with E-state index in [2.05, 4.69) is 5.32 Å². The van der Waals surface area contributed by atoms with Gasteiger partial charge in [0.25, 0.3) is 5.69 Å². The molecule has 0 aromatic heterocycles. The third-order valence-electron chi connectivity index (χ3n) is 2.30. The molecule has 0 saturated carbocycles. The Labute approximate surface area is 92.2 Å². The van der Waals surface area contributed by atoms with E-state index in [1.807, 2.05) is 0 Å². The Morgan fingerprint density at radius 2 is 2.12 bits per heavy atom. The standard InChI is InChI=1S/C9H14N3O4/c1-3-12(15,16)7-4-5-8(10-2)9(6-7)11(13)14/h4-6,10,15-16H,3H2,1-2H3/q+1. The molecule has 0 aliphatic heterocycles. The molecule has 0 unspecified atom stereocenters. The van der Waals surface area contributed by atoms with E-state index in [1.54, 1.807) is 14.0 Å². The largest absolute Gasteiger partial charge is 0.383 e. The minimum Gasteiger partial charge on any atom is -0.383 e. The van der Waals surface area contributed by atoms with E-state index in [0.29, 0.717) is 5.69 Å². The zero-order valence-electron chi connectivity index (χ0n) is 9.04. The van der Waals surface area contributed by atoms with Crippen molar-refractivity contribution in [1.82, 2.24) is 4.81 Å². The van der Waals surface area contributed by atoms with Gasteiger partial charge >= 0.3 is 0 Å². The fourth-order valence-corrected chi connectivity index (χ4v) is 1.29. The summed E-state index contributed by atoms with van der Waals surface area (Å²) < 4.78 is 0. The minimum atomic E-state index is -1.37. The molecule has 0 atom stereocenters. The van der Waals surface area contributed by atoms with Crippen LogP contribution in [0.3, 0.4) is 0 Å². The van der Waals surface area contributed by atoms with Crippen molar-refractivity contribution in [3.8, 4) is 0 Å². The van der Waals surface area contributed by atoms with Gasteiger partial charge in [0.05, 0.1) is 11.0 Å². The Morgan fingerprint density at radius 1 is 1.50 bits per heavy atom. The lowest BCUT2D eigenvalue weighted by Crippen LogP contribution is -2.41. The van der Waals surface area contributed by atoms with Gasteiger partial charge in [-0.05, 0) is 17.8 Å². The van der Waals surface area contributed by atoms with Crippen molar-refractivity contribution in [2.24, 2.45) is 0 Å². The zero-order valence-corrected chi connectivity index (χ0v) is 9.04. The molecule has 7 nitrogen and oxygen atoms in total. The highest BCUT2D eigenvalue weighted by Crippen LogP contribution is 2.30. The van der Waals surface area contributed by atoms with Gasteiger partial charge in [-0.15, -0.1) is 0 Å². The van der Waals surface area contributed by atoms with Crippen molar-refractivity contribution in [2.45, 2.75) is 6.92 Å². The van der Waals surface area contributed by atoms with Crippen LogP contribution in [0.1, 0.15) is 6.92 Å². The summed E-state index contributed by atoms with van der Waals surface area (Å²) in [5.74, 6) is 0. The van der Waals surface area contributed by atoms with Crippen LogP contribution in [0, 0.1) is 10.1 Å². The first-order valence-electron chi connectivity index (χ1n) is 4.72. The van der Waals surface area contributed by atoms with Crippen LogP contribution in [0.25, 0.3) is 0 Å². The number of nitrogens with zero attached hydrogens (tertiary/aromatic N) is 2. The lowest BCUT2D eigenvalue weighted by molar-refractivity contribution is -0.384. The number of quaternary nitrogens is 1. The Kier molecular flexibility index (Phi) is 3.43. The van der Waals surface area contributed by atoms with Gasteiger partial charge in [0.1, 0.15) is 12.2 Å². The summed E-state index contributed by atoms with van der Waals surface area (Å²) in [6.45, 7) is 1.55. The average molecular weight is 228 g/mol. The summed E-state index contributed by atoms with van der Waals surface area (Å²) in [4.78, 5) is 8.79. The molecule has 0 aliphatic carbocycles. The summed E-state index contributed by atoms with van der Waals surface area (Å²) in [5.41, 5.74) is 0.178. The number of anilines is 1. The number of hydrogen-bond acceptors (Lipinski definition) is 5. The maximum absolute atomic E-state index is 10.7. The number of nitro groups is 1. The maximum Gasteiger partial charge on any atom is 0.298 e. The topological polar surface area (TPSA) is 95.6 Å². The molecule has 0 bridgehead atoms. The molecule has 1 rings (SSSR count). The molecular formula is C9H14N3O4+. The predicted octanol–water partition coefficient (Wildman–Crippen LogP) is 1.74. The summed E-state index contributed by atoms with van der Waals surface area (Å²) >= 11 is 0. The Morgan fingerprint density at radius 3 is 2.56 bits per heavy atom. The number of nitrogens with one attached hydrogen (secondary N) is 1. The molecule has 0 aliphatic rings. The molecule has 0 spiro atoms. The highest BCUT2D eigenvalue weighted by atomic mass is 16.8. The summed E-state index contributed by atoms with van der Waals surface area (Å²) in [6.07, 6.45) is 0. The monoisotopic (exact) mass is 228 g/mol. The molecule has 16 heavy (non-hydrogen) atoms. The SMILES string of the molecule is CC[N+](O)(O)c1ccc(NC)c([N+](=O)[O-])c1. The van der Waals surface area contributed by atoms with Crippen LogP contribution in [0.2, 0.25) is 0 Å². The first-order chi connectivity index (χ1) is 7.42. The first-order valence-corrected chi connectivity index (χ1v) is 4.72. The Hall–Kier alpha value is -1.70. The Balaban J connectivity index is 3.27. The summed E-state index contributed by atoms with van der Waals surface area (Å²) in [5, 5.41) is 32.4. The van der Waals surface area contributed by atoms with E-state index in [-0.39, 0.29) is 17.9 Å². The average Bonchev–Trinajstić information content (AvgIpc) is 2.28. The van der Waals surface area contributed by atoms with Crippen molar-refractivity contribution in [1.29, 1.82) is 0 Å². The van der Waals surface area contributed by atoms with E-state index >= 15 is 0 Å². The van der Waals surface area contributed by atoms with Crippen LogP contribution in [-0.2, 0) is 0 Å². The second kappa shape index (κ2) is 4.44. The molecule has 88 valence electrons. The van der Waals surface area contributed by atoms with Crippen molar-refractivity contribution in [3.63, 3.8) is 0 Å². The van der Waals surface area contributed by atoms with Crippen LogP contribution < -0.4 is 10.1 Å². The smallest absolute Gasteiger partial charge is 0.298 e. The lowest BCUT2D eigenvalue weighted by Gasteiger charge is -2.18. The number of benzene rings is 1. The van der Waals surface area contributed by atoms with E-state index in [4.69, 9.17) is 0 Å². The van der Waals surface area contributed by atoms with Gasteiger partial charge in [-0.1, -0.05) is 0 Å². The fraction of sp³-hybridized carbons (Fsp3) is 0.333. The molecular weight excluding hydrogens is 214 g/mol. The number of hydrogen-bond donors (Lipinski definition) is 3. The van der Waals surface area contributed by atoms with E-state index < -0.39 is 9.73 Å². The summed E-state index contributed by atoms with van der Waals surface area (Å²) in [7, 11) is 1.56. The van der Waals surface area contributed by atoms with Gasteiger partial charge < -0.3 is 5.32 Å². The zero-order chi connectivity index (χ0) is 12.3. The third kappa shape index (κ3) is 2.27. The van der Waals surface area contributed by atoms with Crippen LogP contribution in [0.5, 0.6) is 0 Å². The van der Waals surface area contributed by atoms with Crippen molar-refractivity contribution in [3.05, 3.63) is 28.3 Å². The summed E-state index contributed by atoms with van der Waals surface area (Å²) in [6, 6.07) is 3.99. The van der Waals surface area contributed by atoms with E-state index in [0.717, 1.165) is 6.07 Å². The molecule has 1 aromatic rings. The van der Waals surface area contributed by atoms with Crippen LogP contribution >= 0.6 is 0 Å². The van der Waals surface area contributed by atoms with Crippen molar-refractivity contribution in [2.75, 3.05) is 18.9 Å². The van der Waals surface area contributed by atoms with Gasteiger partial charge in [0.2, 0.25) is 5.69 Å².